The zero-order valence-corrected chi connectivity index (χ0v) is 11.8. The predicted molar refractivity (Wildman–Crippen MR) is 75.1 cm³/mol. The van der Waals surface area contributed by atoms with Crippen LogP contribution in [0, 0.1) is 5.92 Å². The quantitative estimate of drug-likeness (QED) is 0.650. The van der Waals surface area contributed by atoms with E-state index < -0.39 is 0 Å². The molecule has 0 amide bonds. The van der Waals surface area contributed by atoms with Crippen LogP contribution in [-0.2, 0) is 11.3 Å². The van der Waals surface area contributed by atoms with Crippen molar-refractivity contribution in [3.8, 4) is 0 Å². The van der Waals surface area contributed by atoms with Crippen LogP contribution < -0.4 is 5.32 Å². The first-order valence-corrected chi connectivity index (χ1v) is 6.89. The largest absolute Gasteiger partial charge is 0.467 e. The summed E-state index contributed by atoms with van der Waals surface area (Å²) in [5.41, 5.74) is 0. The lowest BCUT2D eigenvalue weighted by molar-refractivity contribution is 0.181. The lowest BCUT2D eigenvalue weighted by Gasteiger charge is -2.24. The molecule has 1 aromatic rings. The van der Waals surface area contributed by atoms with E-state index in [0.29, 0.717) is 12.5 Å². The number of hydrogen-bond donors (Lipinski definition) is 1. The highest BCUT2D eigenvalue weighted by Gasteiger charge is 2.19. The fourth-order valence-electron chi connectivity index (χ4n) is 2.23. The Kier molecular flexibility index (Phi) is 5.27. The normalized spacial score (nSPS) is 19.7. The molecule has 5 heteroatoms. The fraction of sp³-hybridized carbons (Fsp3) is 0.643. The summed E-state index contributed by atoms with van der Waals surface area (Å²) in [6.45, 7) is 6.24. The second-order valence-electron chi connectivity index (χ2n) is 4.86. The van der Waals surface area contributed by atoms with E-state index in [2.05, 4.69) is 29.2 Å². The number of guanidine groups is 1. The standard InChI is InChI=1S/C14H23N3O2/c1-3-15-14(16-9-13-5-4-7-19-13)17(2)10-12-6-8-18-11-12/h4-5,7,12H,3,6,8-11H2,1-2H3,(H,15,16). The maximum atomic E-state index is 5.41. The van der Waals surface area contributed by atoms with Gasteiger partial charge in [0.2, 0.25) is 0 Å². The summed E-state index contributed by atoms with van der Waals surface area (Å²) < 4.78 is 10.7. The van der Waals surface area contributed by atoms with E-state index >= 15 is 0 Å². The number of nitrogens with one attached hydrogen (secondary N) is 1. The van der Waals surface area contributed by atoms with Crippen LogP contribution in [0.15, 0.2) is 27.8 Å². The summed E-state index contributed by atoms with van der Waals surface area (Å²) in [6, 6.07) is 3.83. The van der Waals surface area contributed by atoms with Crippen LogP contribution in [-0.4, -0.2) is 44.2 Å². The number of ether oxygens (including phenoxy) is 1. The van der Waals surface area contributed by atoms with Gasteiger partial charge >= 0.3 is 0 Å². The molecule has 1 N–H and O–H groups in total. The Morgan fingerprint density at radius 1 is 1.58 bits per heavy atom. The lowest BCUT2D eigenvalue weighted by atomic mass is 10.1. The van der Waals surface area contributed by atoms with Crippen molar-refractivity contribution in [3.05, 3.63) is 24.2 Å². The van der Waals surface area contributed by atoms with Gasteiger partial charge in [-0.1, -0.05) is 0 Å². The van der Waals surface area contributed by atoms with Gasteiger partial charge in [0.1, 0.15) is 12.3 Å². The molecule has 1 aliphatic rings. The number of aliphatic imine (C=N–C) groups is 1. The number of rotatable bonds is 5. The predicted octanol–water partition coefficient (Wildman–Crippen LogP) is 1.71. The highest BCUT2D eigenvalue weighted by Crippen LogP contribution is 2.13. The van der Waals surface area contributed by atoms with Crippen LogP contribution in [0.1, 0.15) is 19.1 Å². The topological polar surface area (TPSA) is 50.0 Å². The van der Waals surface area contributed by atoms with E-state index in [0.717, 1.165) is 44.4 Å². The van der Waals surface area contributed by atoms with Crippen LogP contribution in [0.2, 0.25) is 0 Å². The Balaban J connectivity index is 1.91. The van der Waals surface area contributed by atoms with Crippen molar-refractivity contribution in [1.29, 1.82) is 0 Å². The first-order chi connectivity index (χ1) is 9.29. The van der Waals surface area contributed by atoms with E-state index in [1.54, 1.807) is 6.26 Å². The summed E-state index contributed by atoms with van der Waals surface area (Å²) in [6.07, 6.45) is 2.82. The van der Waals surface area contributed by atoms with E-state index in [4.69, 9.17) is 9.15 Å². The van der Waals surface area contributed by atoms with Crippen LogP contribution in [0.3, 0.4) is 0 Å². The smallest absolute Gasteiger partial charge is 0.194 e. The minimum Gasteiger partial charge on any atom is -0.467 e. The van der Waals surface area contributed by atoms with Gasteiger partial charge in [-0.25, -0.2) is 4.99 Å². The van der Waals surface area contributed by atoms with Crippen molar-refractivity contribution < 1.29 is 9.15 Å². The van der Waals surface area contributed by atoms with Crippen molar-refractivity contribution in [1.82, 2.24) is 10.2 Å². The van der Waals surface area contributed by atoms with Crippen molar-refractivity contribution in [2.24, 2.45) is 10.9 Å². The third-order valence-corrected chi connectivity index (χ3v) is 3.22. The maximum Gasteiger partial charge on any atom is 0.194 e. The number of nitrogens with zero attached hydrogens (tertiary/aromatic N) is 2. The van der Waals surface area contributed by atoms with Crippen LogP contribution >= 0.6 is 0 Å². The molecule has 5 nitrogen and oxygen atoms in total. The Morgan fingerprint density at radius 2 is 2.47 bits per heavy atom. The molecule has 106 valence electrons. The first kappa shape index (κ1) is 13.9. The van der Waals surface area contributed by atoms with Crippen molar-refractivity contribution >= 4 is 5.96 Å². The van der Waals surface area contributed by atoms with E-state index in [1.165, 1.54) is 0 Å². The average Bonchev–Trinajstić information content (AvgIpc) is 3.07. The Bertz CT molecular complexity index is 383. The monoisotopic (exact) mass is 265 g/mol. The fourth-order valence-corrected chi connectivity index (χ4v) is 2.23. The summed E-state index contributed by atoms with van der Waals surface area (Å²) in [4.78, 5) is 6.77. The maximum absolute atomic E-state index is 5.41. The molecule has 1 aromatic heterocycles. The van der Waals surface area contributed by atoms with Crippen molar-refractivity contribution in [2.45, 2.75) is 19.9 Å². The van der Waals surface area contributed by atoms with Crippen molar-refractivity contribution in [3.63, 3.8) is 0 Å². The number of furan rings is 1. The highest BCUT2D eigenvalue weighted by atomic mass is 16.5. The van der Waals surface area contributed by atoms with Gasteiger partial charge in [0, 0.05) is 32.7 Å². The molecule has 0 spiro atoms. The van der Waals surface area contributed by atoms with Crippen molar-refractivity contribution in [2.75, 3.05) is 33.4 Å². The van der Waals surface area contributed by atoms with Gasteiger partial charge in [0.05, 0.1) is 12.9 Å². The van der Waals surface area contributed by atoms with Crippen LogP contribution in [0.25, 0.3) is 0 Å². The SMILES string of the molecule is CCNC(=NCc1ccco1)N(C)CC1CCOC1. The van der Waals surface area contributed by atoms with Gasteiger partial charge in [-0.15, -0.1) is 0 Å². The molecule has 1 saturated heterocycles. The van der Waals surface area contributed by atoms with Crippen LogP contribution in [0.4, 0.5) is 0 Å². The molecule has 0 aliphatic carbocycles. The van der Waals surface area contributed by atoms with E-state index in [-0.39, 0.29) is 0 Å². The van der Waals surface area contributed by atoms with Gasteiger partial charge in [-0.05, 0) is 25.5 Å². The second kappa shape index (κ2) is 7.19. The molecule has 2 heterocycles. The van der Waals surface area contributed by atoms with Gasteiger partial charge in [0.25, 0.3) is 0 Å². The molecule has 0 radical (unpaired) electrons. The summed E-state index contributed by atoms with van der Waals surface area (Å²) in [5, 5.41) is 3.31. The third kappa shape index (κ3) is 4.28. The van der Waals surface area contributed by atoms with Crippen LogP contribution in [0.5, 0.6) is 0 Å². The van der Waals surface area contributed by atoms with Gasteiger partial charge in [-0.2, -0.15) is 0 Å². The summed E-state index contributed by atoms with van der Waals surface area (Å²) >= 11 is 0. The minimum absolute atomic E-state index is 0.570. The molecular formula is C14H23N3O2. The lowest BCUT2D eigenvalue weighted by Crippen LogP contribution is -2.41. The zero-order valence-electron chi connectivity index (χ0n) is 11.8. The Labute approximate surface area is 114 Å². The second-order valence-corrected chi connectivity index (χ2v) is 4.86. The number of hydrogen-bond acceptors (Lipinski definition) is 3. The van der Waals surface area contributed by atoms with Gasteiger partial charge in [-0.3, -0.25) is 0 Å². The molecule has 1 fully saturated rings. The highest BCUT2D eigenvalue weighted by molar-refractivity contribution is 5.79. The molecule has 1 atom stereocenters. The average molecular weight is 265 g/mol. The molecule has 1 unspecified atom stereocenters. The third-order valence-electron chi connectivity index (χ3n) is 3.22. The molecule has 0 bridgehead atoms. The summed E-state index contributed by atoms with van der Waals surface area (Å²) in [7, 11) is 2.07. The zero-order chi connectivity index (χ0) is 13.5. The minimum atomic E-state index is 0.570. The molecule has 0 saturated carbocycles. The van der Waals surface area contributed by atoms with E-state index in [9.17, 15) is 0 Å². The van der Waals surface area contributed by atoms with E-state index in [1.807, 2.05) is 12.1 Å². The molecule has 0 aromatic carbocycles. The Hall–Kier alpha value is -1.49. The first-order valence-electron chi connectivity index (χ1n) is 6.89. The summed E-state index contributed by atoms with van der Waals surface area (Å²) in [5.74, 6) is 2.41. The molecule has 1 aliphatic heterocycles. The Morgan fingerprint density at radius 3 is 3.11 bits per heavy atom. The molecule has 2 rings (SSSR count). The van der Waals surface area contributed by atoms with Gasteiger partial charge < -0.3 is 19.4 Å². The molecule has 19 heavy (non-hydrogen) atoms. The van der Waals surface area contributed by atoms with Gasteiger partial charge in [0.15, 0.2) is 5.96 Å². The molecular weight excluding hydrogens is 242 g/mol.